The van der Waals surface area contributed by atoms with E-state index in [1.54, 1.807) is 0 Å². The van der Waals surface area contributed by atoms with Gasteiger partial charge in [0.1, 0.15) is 6.17 Å². The predicted molar refractivity (Wildman–Crippen MR) is 147 cm³/mol. The number of amides is 1. The number of aryl methyl sites for hydroxylation is 1. The maximum atomic E-state index is 14.1. The van der Waals surface area contributed by atoms with Crippen LogP contribution in [-0.4, -0.2) is 70.6 Å². The third-order valence-corrected chi connectivity index (χ3v) is 8.98. The minimum Gasteiger partial charge on any atom is -0.367 e. The molecule has 3 atom stereocenters. The largest absolute Gasteiger partial charge is 0.367 e. The number of hydrogen-bond donors (Lipinski definition) is 0. The lowest BCUT2D eigenvalue weighted by Crippen LogP contribution is -2.47. The Bertz CT molecular complexity index is 913. The van der Waals surface area contributed by atoms with Crippen molar-refractivity contribution in [1.82, 2.24) is 14.7 Å². The van der Waals surface area contributed by atoms with Crippen LogP contribution in [0.5, 0.6) is 0 Å². The average molecular weight is 498 g/mol. The molecule has 5 heteroatoms. The summed E-state index contributed by atoms with van der Waals surface area (Å²) in [6.45, 7) is 21.0. The van der Waals surface area contributed by atoms with Gasteiger partial charge in [-0.2, -0.15) is 0 Å². The van der Waals surface area contributed by atoms with Gasteiger partial charge in [0, 0.05) is 55.4 Å². The van der Waals surface area contributed by atoms with Crippen molar-refractivity contribution in [2.24, 2.45) is 11.8 Å². The van der Waals surface area contributed by atoms with Gasteiger partial charge in [-0.05, 0) is 71.3 Å². The average Bonchev–Trinajstić information content (AvgIpc) is 3.48. The van der Waals surface area contributed by atoms with Crippen molar-refractivity contribution in [2.45, 2.75) is 103 Å². The van der Waals surface area contributed by atoms with E-state index in [9.17, 15) is 9.18 Å². The number of likely N-dealkylation sites (tertiary alicyclic amines) is 2. The van der Waals surface area contributed by atoms with E-state index in [4.69, 9.17) is 0 Å². The third-order valence-electron chi connectivity index (χ3n) is 8.98. The molecule has 2 aliphatic heterocycles. The number of halogens is 1. The number of carbonyl (C=O) groups excluding carboxylic acids is 1. The first kappa shape index (κ1) is 27.2. The highest BCUT2D eigenvalue weighted by Gasteiger charge is 2.45. The van der Waals surface area contributed by atoms with Crippen LogP contribution in [0.3, 0.4) is 0 Å². The smallest absolute Gasteiger partial charge is 0.227 e. The van der Waals surface area contributed by atoms with Crippen LogP contribution in [-0.2, 0) is 4.79 Å². The van der Waals surface area contributed by atoms with Gasteiger partial charge < -0.3 is 9.80 Å². The van der Waals surface area contributed by atoms with Crippen LogP contribution in [0.1, 0.15) is 83.8 Å². The van der Waals surface area contributed by atoms with Crippen LogP contribution in [0, 0.1) is 18.8 Å². The third kappa shape index (κ3) is 5.82. The number of allylic oxidation sites excluding steroid dienone is 1. The van der Waals surface area contributed by atoms with E-state index >= 15 is 0 Å². The molecule has 0 radical (unpaired) electrons. The summed E-state index contributed by atoms with van der Waals surface area (Å²) in [7, 11) is 0. The van der Waals surface area contributed by atoms with Crippen LogP contribution in [0.4, 0.5) is 4.39 Å². The minimum absolute atomic E-state index is 0.0191. The molecule has 4 rings (SSSR count). The summed E-state index contributed by atoms with van der Waals surface area (Å²) in [4.78, 5) is 21.2. The first-order valence-corrected chi connectivity index (χ1v) is 14.2. The second-order valence-electron chi connectivity index (χ2n) is 12.9. The van der Waals surface area contributed by atoms with Gasteiger partial charge in [0.2, 0.25) is 5.91 Å². The van der Waals surface area contributed by atoms with Crippen molar-refractivity contribution in [1.29, 1.82) is 0 Å². The molecule has 0 bridgehead atoms. The Morgan fingerprint density at radius 3 is 2.22 bits per heavy atom. The highest BCUT2D eigenvalue weighted by atomic mass is 19.1. The maximum Gasteiger partial charge on any atom is 0.227 e. The van der Waals surface area contributed by atoms with Crippen molar-refractivity contribution in [3.63, 3.8) is 0 Å². The molecule has 2 saturated heterocycles. The van der Waals surface area contributed by atoms with E-state index in [0.717, 1.165) is 51.1 Å². The van der Waals surface area contributed by atoms with Gasteiger partial charge in [-0.1, -0.05) is 50.3 Å². The van der Waals surface area contributed by atoms with E-state index in [2.05, 4.69) is 87.1 Å². The summed E-state index contributed by atoms with van der Waals surface area (Å²) in [5.74, 6) is 0.851. The molecule has 36 heavy (non-hydrogen) atoms. The Morgan fingerprint density at radius 1 is 1.00 bits per heavy atom. The van der Waals surface area contributed by atoms with E-state index < -0.39 is 6.17 Å². The lowest BCUT2D eigenvalue weighted by atomic mass is 9.87. The molecule has 0 aromatic heterocycles. The van der Waals surface area contributed by atoms with E-state index in [0.29, 0.717) is 30.7 Å². The maximum absolute atomic E-state index is 14.1. The molecule has 0 spiro atoms. The van der Waals surface area contributed by atoms with Crippen molar-refractivity contribution in [3.8, 4) is 0 Å². The van der Waals surface area contributed by atoms with E-state index in [-0.39, 0.29) is 23.4 Å². The molecule has 1 aromatic rings. The molecular formula is C31H48FN3O. The molecule has 200 valence electrons. The van der Waals surface area contributed by atoms with Crippen molar-refractivity contribution in [3.05, 3.63) is 47.7 Å². The van der Waals surface area contributed by atoms with Crippen LogP contribution >= 0.6 is 0 Å². The summed E-state index contributed by atoms with van der Waals surface area (Å²) < 4.78 is 13.9. The molecular weight excluding hydrogens is 449 g/mol. The second kappa shape index (κ2) is 10.8. The SMILES string of the molecule is C=C(C(C)C)N(C1CCC(F)CC1)[C@H]1CCN(C(=O)C2CN(C(C)(C)C)C[C@H]2c2ccc(C)cc2)C1. The number of rotatable bonds is 6. The molecule has 3 aliphatic rings. The molecule has 1 aliphatic carbocycles. The zero-order chi connectivity index (χ0) is 26.2. The van der Waals surface area contributed by atoms with E-state index in [1.807, 2.05) is 0 Å². The van der Waals surface area contributed by atoms with Crippen molar-refractivity contribution >= 4 is 5.91 Å². The topological polar surface area (TPSA) is 26.8 Å². The second-order valence-corrected chi connectivity index (χ2v) is 12.9. The summed E-state index contributed by atoms with van der Waals surface area (Å²) in [5.41, 5.74) is 3.71. The Kier molecular flexibility index (Phi) is 8.19. The molecule has 0 N–H and O–H groups in total. The highest BCUT2D eigenvalue weighted by Crippen LogP contribution is 2.39. The molecule has 1 amide bonds. The summed E-state index contributed by atoms with van der Waals surface area (Å²) in [5, 5.41) is 0. The zero-order valence-electron chi connectivity index (χ0n) is 23.5. The first-order chi connectivity index (χ1) is 17.0. The summed E-state index contributed by atoms with van der Waals surface area (Å²) >= 11 is 0. The standard InChI is InChI=1S/C31H48FN3O/c1-21(2)23(4)35(26-14-12-25(32)13-15-26)27-16-17-33(18-27)30(36)29-20-34(31(5,6)7)19-28(29)24-10-8-22(3)9-11-24/h8-11,21,25-29H,4,12-20H2,1-3,5-7H3/t25?,26?,27-,28-,29?/m0/s1. The molecule has 2 heterocycles. The van der Waals surface area contributed by atoms with Crippen molar-refractivity contribution in [2.75, 3.05) is 26.2 Å². The highest BCUT2D eigenvalue weighted by molar-refractivity contribution is 5.81. The fourth-order valence-electron chi connectivity index (χ4n) is 6.54. The van der Waals surface area contributed by atoms with E-state index in [1.165, 1.54) is 11.1 Å². The first-order valence-electron chi connectivity index (χ1n) is 14.2. The summed E-state index contributed by atoms with van der Waals surface area (Å²) in [6.07, 6.45) is 3.36. The van der Waals surface area contributed by atoms with Gasteiger partial charge in [0.25, 0.3) is 0 Å². The number of alkyl halides is 1. The number of hydrogen-bond acceptors (Lipinski definition) is 3. The molecule has 1 saturated carbocycles. The van der Waals surface area contributed by atoms with Crippen LogP contribution < -0.4 is 0 Å². The number of carbonyl (C=O) groups is 1. The van der Waals surface area contributed by atoms with Gasteiger partial charge in [-0.15, -0.1) is 0 Å². The fraction of sp³-hybridized carbons (Fsp3) is 0.710. The van der Waals surface area contributed by atoms with Crippen LogP contribution in [0.25, 0.3) is 0 Å². The van der Waals surface area contributed by atoms with Crippen LogP contribution in [0.15, 0.2) is 36.5 Å². The van der Waals surface area contributed by atoms with Gasteiger partial charge >= 0.3 is 0 Å². The minimum atomic E-state index is -0.663. The normalized spacial score (nSPS) is 29.7. The van der Waals surface area contributed by atoms with Crippen molar-refractivity contribution < 1.29 is 9.18 Å². The summed E-state index contributed by atoms with van der Waals surface area (Å²) in [6, 6.07) is 9.40. The zero-order valence-corrected chi connectivity index (χ0v) is 23.5. The van der Waals surface area contributed by atoms with Crippen LogP contribution in [0.2, 0.25) is 0 Å². The quantitative estimate of drug-likeness (QED) is 0.471. The lowest BCUT2D eigenvalue weighted by Gasteiger charge is -2.43. The van der Waals surface area contributed by atoms with Gasteiger partial charge in [-0.3, -0.25) is 9.69 Å². The molecule has 3 fully saturated rings. The molecule has 1 aromatic carbocycles. The van der Waals surface area contributed by atoms with Gasteiger partial charge in [0.05, 0.1) is 5.92 Å². The number of benzene rings is 1. The van der Waals surface area contributed by atoms with Gasteiger partial charge in [0.15, 0.2) is 0 Å². The molecule has 4 nitrogen and oxygen atoms in total. The Morgan fingerprint density at radius 2 is 1.64 bits per heavy atom. The fourth-order valence-corrected chi connectivity index (χ4v) is 6.54. The monoisotopic (exact) mass is 497 g/mol. The van der Waals surface area contributed by atoms with Gasteiger partial charge in [-0.25, -0.2) is 4.39 Å². The Balaban J connectivity index is 1.51. The predicted octanol–water partition coefficient (Wildman–Crippen LogP) is 6.16. The lowest BCUT2D eigenvalue weighted by molar-refractivity contribution is -0.134. The number of nitrogens with zero attached hydrogens (tertiary/aromatic N) is 3. The Hall–Kier alpha value is -1.88. The Labute approximate surface area is 218 Å². The molecule has 1 unspecified atom stereocenters.